The molecule has 1 N–H and O–H groups in total. The molecule has 0 radical (unpaired) electrons. The average Bonchev–Trinajstić information content (AvgIpc) is 2.71. The minimum atomic E-state index is 0.177. The van der Waals surface area contributed by atoms with Gasteiger partial charge in [-0.1, -0.05) is 23.7 Å². The Morgan fingerprint density at radius 1 is 1.17 bits per heavy atom. The SMILES string of the molecule is CC(C)Oc1ccc(Cl)c(CC2CCN(CC3CNc4ccccc4O3)CC2)c1. The summed E-state index contributed by atoms with van der Waals surface area (Å²) < 4.78 is 12.0. The van der Waals surface area contributed by atoms with E-state index in [0.717, 1.165) is 54.8 Å². The maximum Gasteiger partial charge on any atom is 0.142 e. The van der Waals surface area contributed by atoms with Gasteiger partial charge < -0.3 is 14.8 Å². The van der Waals surface area contributed by atoms with Crippen molar-refractivity contribution in [2.24, 2.45) is 5.92 Å². The van der Waals surface area contributed by atoms with Gasteiger partial charge in [0.25, 0.3) is 0 Å². The van der Waals surface area contributed by atoms with Gasteiger partial charge in [0.1, 0.15) is 17.6 Å². The summed E-state index contributed by atoms with van der Waals surface area (Å²) in [5.41, 5.74) is 2.31. The van der Waals surface area contributed by atoms with E-state index in [4.69, 9.17) is 21.1 Å². The molecule has 2 heterocycles. The molecular formula is C24H31ClN2O2. The predicted octanol–water partition coefficient (Wildman–Crippen LogP) is 5.25. The number of halogens is 1. The van der Waals surface area contributed by atoms with Crippen molar-refractivity contribution in [3.63, 3.8) is 0 Å². The van der Waals surface area contributed by atoms with Gasteiger partial charge in [-0.2, -0.15) is 0 Å². The highest BCUT2D eigenvalue weighted by Gasteiger charge is 2.25. The number of nitrogens with zero attached hydrogens (tertiary/aromatic N) is 1. The number of nitrogens with one attached hydrogen (secondary N) is 1. The van der Waals surface area contributed by atoms with E-state index in [1.165, 1.54) is 18.4 Å². The average molecular weight is 415 g/mol. The van der Waals surface area contributed by atoms with Gasteiger partial charge >= 0.3 is 0 Å². The third-order valence-electron chi connectivity index (χ3n) is 5.77. The fourth-order valence-electron chi connectivity index (χ4n) is 4.29. The number of para-hydroxylation sites is 2. The fraction of sp³-hybridized carbons (Fsp3) is 0.500. The van der Waals surface area contributed by atoms with Crippen LogP contribution in [-0.2, 0) is 6.42 Å². The van der Waals surface area contributed by atoms with Crippen molar-refractivity contribution in [3.8, 4) is 11.5 Å². The van der Waals surface area contributed by atoms with E-state index in [-0.39, 0.29) is 12.2 Å². The van der Waals surface area contributed by atoms with Gasteiger partial charge in [-0.25, -0.2) is 0 Å². The Kier molecular flexibility index (Phi) is 6.51. The summed E-state index contributed by atoms with van der Waals surface area (Å²) in [6, 6.07) is 14.2. The standard InChI is InChI=1S/C24H31ClN2O2/c1-17(2)28-20-7-8-22(25)19(14-20)13-18-9-11-27(12-10-18)16-21-15-26-23-5-3-4-6-24(23)29-21/h3-8,14,17-18,21,26H,9-13,15-16H2,1-2H3. The number of likely N-dealkylation sites (tertiary alicyclic amines) is 1. The topological polar surface area (TPSA) is 33.7 Å². The third-order valence-corrected chi connectivity index (χ3v) is 6.14. The Labute approximate surface area is 179 Å². The van der Waals surface area contributed by atoms with Gasteiger partial charge in [-0.3, -0.25) is 4.90 Å². The maximum absolute atomic E-state index is 6.46. The first-order valence-corrected chi connectivity index (χ1v) is 11.1. The first kappa shape index (κ1) is 20.4. The molecule has 0 bridgehead atoms. The van der Waals surface area contributed by atoms with Gasteiger partial charge in [-0.15, -0.1) is 0 Å². The molecule has 2 aliphatic heterocycles. The van der Waals surface area contributed by atoms with Gasteiger partial charge in [0.15, 0.2) is 0 Å². The van der Waals surface area contributed by atoms with Crippen LogP contribution in [0.4, 0.5) is 5.69 Å². The quantitative estimate of drug-likeness (QED) is 0.699. The van der Waals surface area contributed by atoms with Crippen LogP contribution in [0.2, 0.25) is 5.02 Å². The summed E-state index contributed by atoms with van der Waals surface area (Å²) in [5, 5.41) is 4.34. The molecule has 4 rings (SSSR count). The maximum atomic E-state index is 6.46. The number of piperidine rings is 1. The van der Waals surface area contributed by atoms with Crippen LogP contribution < -0.4 is 14.8 Å². The van der Waals surface area contributed by atoms with E-state index in [0.29, 0.717) is 5.92 Å². The molecule has 1 saturated heterocycles. The Bertz CT molecular complexity index is 818. The van der Waals surface area contributed by atoms with E-state index in [1.54, 1.807) is 0 Å². The smallest absolute Gasteiger partial charge is 0.142 e. The third kappa shape index (κ3) is 5.37. The van der Waals surface area contributed by atoms with Crippen molar-refractivity contribution >= 4 is 17.3 Å². The number of hydrogen-bond donors (Lipinski definition) is 1. The molecule has 5 heteroatoms. The summed E-state index contributed by atoms with van der Waals surface area (Å²) >= 11 is 6.46. The van der Waals surface area contributed by atoms with Crippen LogP contribution in [0, 0.1) is 5.92 Å². The van der Waals surface area contributed by atoms with Crippen LogP contribution in [-0.4, -0.2) is 43.3 Å². The highest BCUT2D eigenvalue weighted by atomic mass is 35.5. The summed E-state index contributed by atoms with van der Waals surface area (Å²) in [6.45, 7) is 8.18. The van der Waals surface area contributed by atoms with E-state index < -0.39 is 0 Å². The molecule has 0 saturated carbocycles. The van der Waals surface area contributed by atoms with Crippen molar-refractivity contribution in [3.05, 3.63) is 53.1 Å². The highest BCUT2D eigenvalue weighted by molar-refractivity contribution is 6.31. The van der Waals surface area contributed by atoms with Crippen molar-refractivity contribution in [1.82, 2.24) is 4.90 Å². The van der Waals surface area contributed by atoms with Crippen LogP contribution in [0.1, 0.15) is 32.3 Å². The van der Waals surface area contributed by atoms with Crippen LogP contribution >= 0.6 is 11.6 Å². The second-order valence-corrected chi connectivity index (χ2v) is 8.89. The first-order chi connectivity index (χ1) is 14.1. The molecule has 0 aliphatic carbocycles. The van der Waals surface area contributed by atoms with E-state index in [2.05, 4.69) is 22.3 Å². The van der Waals surface area contributed by atoms with Crippen molar-refractivity contribution in [1.29, 1.82) is 0 Å². The van der Waals surface area contributed by atoms with Crippen LogP contribution in [0.5, 0.6) is 11.5 Å². The molecular weight excluding hydrogens is 384 g/mol. The number of fused-ring (bicyclic) bond motifs is 1. The molecule has 1 unspecified atom stereocenters. The molecule has 29 heavy (non-hydrogen) atoms. The van der Waals surface area contributed by atoms with E-state index in [9.17, 15) is 0 Å². The van der Waals surface area contributed by atoms with E-state index in [1.807, 2.05) is 44.2 Å². The molecule has 1 atom stereocenters. The molecule has 1 fully saturated rings. The summed E-state index contributed by atoms with van der Waals surface area (Å²) in [7, 11) is 0. The molecule has 2 aromatic carbocycles. The molecule has 0 amide bonds. The van der Waals surface area contributed by atoms with Gasteiger partial charge in [0.05, 0.1) is 18.3 Å². The van der Waals surface area contributed by atoms with Gasteiger partial charge in [-0.05, 0) is 88.0 Å². The molecule has 2 aromatic rings. The van der Waals surface area contributed by atoms with Gasteiger partial charge in [0, 0.05) is 11.6 Å². The molecule has 156 valence electrons. The largest absolute Gasteiger partial charge is 0.491 e. The zero-order chi connectivity index (χ0) is 20.2. The lowest BCUT2D eigenvalue weighted by Crippen LogP contribution is -2.44. The van der Waals surface area contributed by atoms with Crippen LogP contribution in [0.3, 0.4) is 0 Å². The number of benzene rings is 2. The monoisotopic (exact) mass is 414 g/mol. The second kappa shape index (κ2) is 9.27. The predicted molar refractivity (Wildman–Crippen MR) is 119 cm³/mol. The normalized spacial score (nSPS) is 20.1. The van der Waals surface area contributed by atoms with Gasteiger partial charge in [0.2, 0.25) is 0 Å². The number of rotatable bonds is 6. The second-order valence-electron chi connectivity index (χ2n) is 8.48. The summed E-state index contributed by atoms with van der Waals surface area (Å²) in [5.74, 6) is 2.56. The fourth-order valence-corrected chi connectivity index (χ4v) is 4.48. The van der Waals surface area contributed by atoms with Crippen molar-refractivity contribution in [2.75, 3.05) is 31.5 Å². The van der Waals surface area contributed by atoms with Crippen molar-refractivity contribution < 1.29 is 9.47 Å². The van der Waals surface area contributed by atoms with Crippen LogP contribution in [0.15, 0.2) is 42.5 Å². The molecule has 4 nitrogen and oxygen atoms in total. The zero-order valence-corrected chi connectivity index (χ0v) is 18.1. The number of anilines is 1. The summed E-state index contributed by atoms with van der Waals surface area (Å²) in [6.07, 6.45) is 3.80. The molecule has 0 spiro atoms. The van der Waals surface area contributed by atoms with Crippen molar-refractivity contribution in [2.45, 2.75) is 45.3 Å². The lowest BCUT2D eigenvalue weighted by atomic mass is 9.90. The molecule has 2 aliphatic rings. The van der Waals surface area contributed by atoms with E-state index >= 15 is 0 Å². The minimum Gasteiger partial charge on any atom is -0.491 e. The Hall–Kier alpha value is -1.91. The lowest BCUT2D eigenvalue weighted by Gasteiger charge is -2.36. The number of ether oxygens (including phenoxy) is 2. The molecule has 0 aromatic heterocycles. The Morgan fingerprint density at radius 3 is 2.76 bits per heavy atom. The lowest BCUT2D eigenvalue weighted by molar-refractivity contribution is 0.107. The minimum absolute atomic E-state index is 0.177. The first-order valence-electron chi connectivity index (χ1n) is 10.7. The Balaban J connectivity index is 1.27. The van der Waals surface area contributed by atoms with Crippen LogP contribution in [0.25, 0.3) is 0 Å². The number of hydrogen-bond acceptors (Lipinski definition) is 4. The zero-order valence-electron chi connectivity index (χ0n) is 17.4. The summed E-state index contributed by atoms with van der Waals surface area (Å²) in [4.78, 5) is 2.54. The highest BCUT2D eigenvalue weighted by Crippen LogP contribution is 2.31. The Morgan fingerprint density at radius 2 is 1.97 bits per heavy atom.